The monoisotopic (exact) mass is 268 g/mol. The van der Waals surface area contributed by atoms with E-state index < -0.39 is 0 Å². The van der Waals surface area contributed by atoms with Crippen LogP contribution in [0.4, 0.5) is 11.4 Å². The molecule has 2 amide bonds. The molecule has 1 aromatic carbocycles. The van der Waals surface area contributed by atoms with Crippen molar-refractivity contribution < 1.29 is 9.59 Å². The lowest BCUT2D eigenvalue weighted by atomic mass is 10.2. The molecular formula is C13H17ClN2O2. The van der Waals surface area contributed by atoms with Crippen LogP contribution in [0.25, 0.3) is 0 Å². The molecule has 4 nitrogen and oxygen atoms in total. The Morgan fingerprint density at radius 2 is 1.83 bits per heavy atom. The summed E-state index contributed by atoms with van der Waals surface area (Å²) in [6.07, 6.45) is 0.268. The summed E-state index contributed by atoms with van der Waals surface area (Å²) in [6, 6.07) is 7.02. The molecule has 0 heterocycles. The molecule has 0 radical (unpaired) electrons. The smallest absolute Gasteiger partial charge is 0.226 e. The lowest BCUT2D eigenvalue weighted by Gasteiger charge is -2.10. The number of nitrogens with one attached hydrogen (secondary N) is 2. The molecule has 18 heavy (non-hydrogen) atoms. The van der Waals surface area contributed by atoms with Crippen molar-refractivity contribution in [3.8, 4) is 0 Å². The highest BCUT2D eigenvalue weighted by Gasteiger charge is 2.07. The van der Waals surface area contributed by atoms with Crippen molar-refractivity contribution in [2.24, 2.45) is 5.92 Å². The first-order valence-corrected chi connectivity index (χ1v) is 6.33. The maximum atomic E-state index is 11.5. The predicted molar refractivity (Wildman–Crippen MR) is 73.9 cm³/mol. The van der Waals surface area contributed by atoms with E-state index in [4.69, 9.17) is 11.6 Å². The molecule has 0 bridgehead atoms. The molecule has 0 aromatic heterocycles. The number of hydrogen-bond donors (Lipinski definition) is 2. The number of carbonyl (C=O) groups excluding carboxylic acids is 2. The number of hydrogen-bond acceptors (Lipinski definition) is 2. The van der Waals surface area contributed by atoms with Gasteiger partial charge < -0.3 is 10.6 Å². The molecule has 2 N–H and O–H groups in total. The van der Waals surface area contributed by atoms with Gasteiger partial charge >= 0.3 is 0 Å². The molecule has 0 unspecified atom stereocenters. The highest BCUT2D eigenvalue weighted by Crippen LogP contribution is 2.16. The van der Waals surface area contributed by atoms with Crippen LogP contribution in [-0.4, -0.2) is 17.7 Å². The number of anilines is 2. The summed E-state index contributed by atoms with van der Waals surface area (Å²) < 4.78 is 0. The summed E-state index contributed by atoms with van der Waals surface area (Å²) in [6.45, 7) is 3.64. The molecule has 98 valence electrons. The maximum absolute atomic E-state index is 11.5. The van der Waals surface area contributed by atoms with Crippen LogP contribution in [0, 0.1) is 5.92 Å². The molecule has 0 saturated heterocycles. The van der Waals surface area contributed by atoms with Crippen molar-refractivity contribution in [1.82, 2.24) is 0 Å². The van der Waals surface area contributed by atoms with Crippen molar-refractivity contribution in [3.63, 3.8) is 0 Å². The van der Waals surface area contributed by atoms with Crippen molar-refractivity contribution in [1.29, 1.82) is 0 Å². The van der Waals surface area contributed by atoms with Gasteiger partial charge in [0.2, 0.25) is 11.8 Å². The summed E-state index contributed by atoms with van der Waals surface area (Å²) >= 11 is 5.48. The average molecular weight is 269 g/mol. The normalized spacial score (nSPS) is 10.2. The van der Waals surface area contributed by atoms with E-state index in [-0.39, 0.29) is 30.0 Å². The van der Waals surface area contributed by atoms with Gasteiger partial charge in [0, 0.05) is 29.6 Å². The van der Waals surface area contributed by atoms with Crippen LogP contribution in [0.3, 0.4) is 0 Å². The first-order valence-electron chi connectivity index (χ1n) is 5.79. The Balaban J connectivity index is 2.67. The lowest BCUT2D eigenvalue weighted by molar-refractivity contribution is -0.119. The zero-order valence-electron chi connectivity index (χ0n) is 10.5. The molecule has 0 aliphatic carbocycles. The van der Waals surface area contributed by atoms with Gasteiger partial charge in [0.05, 0.1) is 0 Å². The van der Waals surface area contributed by atoms with Crippen LogP contribution in [0.2, 0.25) is 0 Å². The summed E-state index contributed by atoms with van der Waals surface area (Å²) in [5.41, 5.74) is 1.31. The number of rotatable bonds is 5. The largest absolute Gasteiger partial charge is 0.326 e. The Labute approximate surface area is 112 Å². The van der Waals surface area contributed by atoms with E-state index >= 15 is 0 Å². The van der Waals surface area contributed by atoms with Gasteiger partial charge in [-0.1, -0.05) is 19.9 Å². The summed E-state index contributed by atoms with van der Waals surface area (Å²) in [7, 11) is 0. The van der Waals surface area contributed by atoms with Crippen molar-refractivity contribution in [3.05, 3.63) is 24.3 Å². The molecule has 0 aliphatic heterocycles. The summed E-state index contributed by atoms with van der Waals surface area (Å²) in [5.74, 6) is 0.00589. The first kappa shape index (κ1) is 14.5. The number of halogens is 1. The Morgan fingerprint density at radius 3 is 2.39 bits per heavy atom. The second-order valence-electron chi connectivity index (χ2n) is 4.21. The zero-order valence-corrected chi connectivity index (χ0v) is 11.3. The fraction of sp³-hybridized carbons (Fsp3) is 0.385. The Bertz CT molecular complexity index is 433. The second-order valence-corrected chi connectivity index (χ2v) is 4.59. The number of benzene rings is 1. The van der Waals surface area contributed by atoms with Crippen molar-refractivity contribution >= 4 is 34.8 Å². The second kappa shape index (κ2) is 7.01. The molecule has 0 saturated carbocycles. The minimum atomic E-state index is -0.141. The van der Waals surface area contributed by atoms with Gasteiger partial charge in [-0.05, 0) is 18.2 Å². The van der Waals surface area contributed by atoms with Crippen LogP contribution in [0.5, 0.6) is 0 Å². The Kier molecular flexibility index (Phi) is 5.65. The third-order valence-electron chi connectivity index (χ3n) is 2.26. The molecule has 0 spiro atoms. The van der Waals surface area contributed by atoms with E-state index in [2.05, 4.69) is 10.6 Å². The third-order valence-corrected chi connectivity index (χ3v) is 2.45. The summed E-state index contributed by atoms with van der Waals surface area (Å²) in [5, 5.41) is 5.48. The third kappa shape index (κ3) is 4.75. The standard InChI is InChI=1S/C13H17ClN2O2/c1-9(2)13(18)16-11-5-3-4-10(8-11)15-12(17)6-7-14/h3-5,8-9H,6-7H2,1-2H3,(H,15,17)(H,16,18). The molecular weight excluding hydrogens is 252 g/mol. The number of carbonyl (C=O) groups is 2. The minimum Gasteiger partial charge on any atom is -0.326 e. The van der Waals surface area contributed by atoms with Gasteiger partial charge in [0.25, 0.3) is 0 Å². The molecule has 0 fully saturated rings. The predicted octanol–water partition coefficient (Wildman–Crippen LogP) is 2.85. The molecule has 5 heteroatoms. The zero-order chi connectivity index (χ0) is 13.5. The Hall–Kier alpha value is -1.55. The van der Waals surface area contributed by atoms with Gasteiger partial charge in [-0.15, -0.1) is 11.6 Å². The highest BCUT2D eigenvalue weighted by atomic mass is 35.5. The van der Waals surface area contributed by atoms with E-state index in [1.54, 1.807) is 24.3 Å². The first-order chi connectivity index (χ1) is 8.52. The van der Waals surface area contributed by atoms with Gasteiger partial charge in [0.15, 0.2) is 0 Å². The quantitative estimate of drug-likeness (QED) is 0.807. The molecule has 0 atom stereocenters. The minimum absolute atomic E-state index is 0.0563. The van der Waals surface area contributed by atoms with Crippen LogP contribution in [-0.2, 0) is 9.59 Å². The van der Waals surface area contributed by atoms with Crippen LogP contribution in [0.1, 0.15) is 20.3 Å². The molecule has 0 aliphatic rings. The topological polar surface area (TPSA) is 58.2 Å². The fourth-order valence-corrected chi connectivity index (χ4v) is 1.44. The van der Waals surface area contributed by atoms with Crippen LogP contribution < -0.4 is 10.6 Å². The van der Waals surface area contributed by atoms with Crippen LogP contribution in [0.15, 0.2) is 24.3 Å². The molecule has 1 rings (SSSR count). The maximum Gasteiger partial charge on any atom is 0.226 e. The SMILES string of the molecule is CC(C)C(=O)Nc1cccc(NC(=O)CCCl)c1. The van der Waals surface area contributed by atoms with E-state index in [0.29, 0.717) is 11.4 Å². The van der Waals surface area contributed by atoms with Crippen LogP contribution >= 0.6 is 11.6 Å². The van der Waals surface area contributed by atoms with E-state index in [1.165, 1.54) is 0 Å². The average Bonchev–Trinajstić information content (AvgIpc) is 2.29. The van der Waals surface area contributed by atoms with Gasteiger partial charge in [-0.3, -0.25) is 9.59 Å². The van der Waals surface area contributed by atoms with Crippen molar-refractivity contribution in [2.45, 2.75) is 20.3 Å². The van der Waals surface area contributed by atoms with Gasteiger partial charge in [0.1, 0.15) is 0 Å². The lowest BCUT2D eigenvalue weighted by Crippen LogP contribution is -2.18. The molecule has 1 aromatic rings. The van der Waals surface area contributed by atoms with E-state index in [0.717, 1.165) is 0 Å². The Morgan fingerprint density at radius 1 is 1.22 bits per heavy atom. The number of alkyl halides is 1. The fourth-order valence-electron chi connectivity index (χ4n) is 1.27. The summed E-state index contributed by atoms with van der Waals surface area (Å²) in [4.78, 5) is 22.9. The van der Waals surface area contributed by atoms with Crippen molar-refractivity contribution in [2.75, 3.05) is 16.5 Å². The van der Waals surface area contributed by atoms with E-state index in [9.17, 15) is 9.59 Å². The van der Waals surface area contributed by atoms with E-state index in [1.807, 2.05) is 13.8 Å². The number of amides is 2. The highest BCUT2D eigenvalue weighted by molar-refractivity contribution is 6.19. The van der Waals surface area contributed by atoms with Gasteiger partial charge in [-0.25, -0.2) is 0 Å². The van der Waals surface area contributed by atoms with Gasteiger partial charge in [-0.2, -0.15) is 0 Å².